The molecule has 0 saturated heterocycles. The molecule has 0 radical (unpaired) electrons. The molecule has 1 rings (SSSR count). The monoisotopic (exact) mass is 270 g/mol. The van der Waals surface area contributed by atoms with E-state index in [1.165, 1.54) is 12.1 Å². The minimum Gasteiger partial charge on any atom is -0.366 e. The van der Waals surface area contributed by atoms with Crippen LogP contribution in [0.4, 0.5) is 0 Å². The molecule has 0 aliphatic carbocycles. The Kier molecular flexibility index (Phi) is 4.86. The van der Waals surface area contributed by atoms with Crippen molar-refractivity contribution in [1.82, 2.24) is 0 Å². The minimum atomic E-state index is -3.18. The van der Waals surface area contributed by atoms with E-state index in [-0.39, 0.29) is 17.4 Å². The van der Waals surface area contributed by atoms with Crippen molar-refractivity contribution in [2.45, 2.75) is 12.7 Å². The summed E-state index contributed by atoms with van der Waals surface area (Å²) in [6.07, 6.45) is 0. The number of benzene rings is 1. The van der Waals surface area contributed by atoms with Gasteiger partial charge in [0.1, 0.15) is 0 Å². The second kappa shape index (κ2) is 5.97. The van der Waals surface area contributed by atoms with E-state index in [2.05, 4.69) is 0 Å². The number of amides is 1. The van der Waals surface area contributed by atoms with Crippen LogP contribution in [0, 0.1) is 5.92 Å². The van der Waals surface area contributed by atoms with Crippen LogP contribution in [0.2, 0.25) is 0 Å². The van der Waals surface area contributed by atoms with E-state index in [1.54, 1.807) is 19.1 Å². The molecule has 0 aliphatic rings. The molecule has 0 aromatic heterocycles. The highest BCUT2D eigenvalue weighted by Gasteiger charge is 2.15. The van der Waals surface area contributed by atoms with Gasteiger partial charge in [-0.15, -0.1) is 0 Å². The van der Waals surface area contributed by atoms with Gasteiger partial charge in [-0.3, -0.25) is 4.79 Å². The smallest absolute Gasteiger partial charge is 0.248 e. The van der Waals surface area contributed by atoms with E-state index in [0.29, 0.717) is 17.7 Å². The summed E-state index contributed by atoms with van der Waals surface area (Å²) < 4.78 is 23.7. The lowest BCUT2D eigenvalue weighted by atomic mass is 10.1. The third-order valence-corrected chi connectivity index (χ3v) is 4.42. The van der Waals surface area contributed by atoms with Gasteiger partial charge in [-0.1, -0.05) is 19.1 Å². The van der Waals surface area contributed by atoms with Crippen LogP contribution in [-0.4, -0.2) is 26.6 Å². The van der Waals surface area contributed by atoms with Gasteiger partial charge in [-0.05, 0) is 30.2 Å². The number of primary amides is 1. The molecule has 1 aromatic carbocycles. The third-order valence-electron chi connectivity index (χ3n) is 2.57. The van der Waals surface area contributed by atoms with Gasteiger partial charge in [0.25, 0.3) is 0 Å². The summed E-state index contributed by atoms with van der Waals surface area (Å²) in [5.41, 5.74) is 11.5. The first-order valence-electron chi connectivity index (χ1n) is 5.63. The fourth-order valence-electron chi connectivity index (χ4n) is 1.58. The SMILES string of the molecule is CC(CN)CS(=O)(=O)Cc1ccc(C(N)=O)cc1. The number of carbonyl (C=O) groups excluding carboxylic acids is 1. The predicted molar refractivity (Wildman–Crippen MR) is 70.7 cm³/mol. The predicted octanol–water partition coefficient (Wildman–Crippen LogP) is 0.295. The number of nitrogens with two attached hydrogens (primary N) is 2. The van der Waals surface area contributed by atoms with Gasteiger partial charge in [0.2, 0.25) is 5.91 Å². The van der Waals surface area contributed by atoms with Crippen LogP contribution in [0.25, 0.3) is 0 Å². The topological polar surface area (TPSA) is 103 Å². The number of hydrogen-bond donors (Lipinski definition) is 2. The fourth-order valence-corrected chi connectivity index (χ4v) is 3.40. The Morgan fingerprint density at radius 3 is 2.28 bits per heavy atom. The van der Waals surface area contributed by atoms with E-state index in [9.17, 15) is 13.2 Å². The second-order valence-corrected chi connectivity index (χ2v) is 6.57. The van der Waals surface area contributed by atoms with Gasteiger partial charge in [0, 0.05) is 5.56 Å². The van der Waals surface area contributed by atoms with Crippen LogP contribution in [0.5, 0.6) is 0 Å². The maximum absolute atomic E-state index is 11.8. The Balaban J connectivity index is 2.75. The average molecular weight is 270 g/mol. The number of carbonyl (C=O) groups is 1. The molecule has 1 amide bonds. The highest BCUT2D eigenvalue weighted by molar-refractivity contribution is 7.90. The second-order valence-electron chi connectivity index (χ2n) is 4.46. The summed E-state index contributed by atoms with van der Waals surface area (Å²) in [6.45, 7) is 2.15. The van der Waals surface area contributed by atoms with E-state index >= 15 is 0 Å². The molecule has 0 fully saturated rings. The van der Waals surface area contributed by atoms with E-state index in [4.69, 9.17) is 11.5 Å². The van der Waals surface area contributed by atoms with Crippen molar-refractivity contribution in [3.63, 3.8) is 0 Å². The third kappa shape index (κ3) is 4.46. The van der Waals surface area contributed by atoms with Crippen molar-refractivity contribution in [1.29, 1.82) is 0 Å². The number of hydrogen-bond acceptors (Lipinski definition) is 4. The lowest BCUT2D eigenvalue weighted by Gasteiger charge is -2.09. The van der Waals surface area contributed by atoms with Crippen LogP contribution in [-0.2, 0) is 15.6 Å². The Morgan fingerprint density at radius 1 is 1.28 bits per heavy atom. The molecule has 0 heterocycles. The maximum atomic E-state index is 11.8. The highest BCUT2D eigenvalue weighted by Crippen LogP contribution is 2.11. The normalized spacial score (nSPS) is 13.2. The summed E-state index contributed by atoms with van der Waals surface area (Å²) in [6, 6.07) is 6.26. The van der Waals surface area contributed by atoms with Crippen molar-refractivity contribution in [2.75, 3.05) is 12.3 Å². The summed E-state index contributed by atoms with van der Waals surface area (Å²) in [4.78, 5) is 10.9. The molecule has 0 bridgehead atoms. The van der Waals surface area contributed by atoms with Gasteiger partial charge in [-0.2, -0.15) is 0 Å². The number of sulfone groups is 1. The van der Waals surface area contributed by atoms with Crippen molar-refractivity contribution >= 4 is 15.7 Å². The van der Waals surface area contributed by atoms with Crippen LogP contribution < -0.4 is 11.5 Å². The van der Waals surface area contributed by atoms with Crippen molar-refractivity contribution < 1.29 is 13.2 Å². The van der Waals surface area contributed by atoms with Crippen LogP contribution in [0.1, 0.15) is 22.8 Å². The molecular weight excluding hydrogens is 252 g/mol. The quantitative estimate of drug-likeness (QED) is 0.775. The maximum Gasteiger partial charge on any atom is 0.248 e. The van der Waals surface area contributed by atoms with Crippen molar-refractivity contribution in [3.8, 4) is 0 Å². The summed E-state index contributed by atoms with van der Waals surface area (Å²) in [5, 5.41) is 0. The Hall–Kier alpha value is -1.40. The molecule has 4 N–H and O–H groups in total. The van der Waals surface area contributed by atoms with Crippen molar-refractivity contribution in [2.24, 2.45) is 17.4 Å². The molecule has 18 heavy (non-hydrogen) atoms. The zero-order valence-corrected chi connectivity index (χ0v) is 11.1. The lowest BCUT2D eigenvalue weighted by Crippen LogP contribution is -2.22. The molecule has 5 nitrogen and oxygen atoms in total. The van der Waals surface area contributed by atoms with Gasteiger partial charge in [0.15, 0.2) is 9.84 Å². The van der Waals surface area contributed by atoms with Crippen LogP contribution >= 0.6 is 0 Å². The zero-order chi connectivity index (χ0) is 13.8. The molecule has 0 aliphatic heterocycles. The summed E-state index contributed by atoms with van der Waals surface area (Å²) in [5.74, 6) is -0.557. The Bertz CT molecular complexity index is 509. The standard InChI is InChI=1S/C12H18N2O3S/c1-9(6-13)7-18(16,17)8-10-2-4-11(5-3-10)12(14)15/h2-5,9H,6-8,13H2,1H3,(H2,14,15). The molecule has 100 valence electrons. The van der Waals surface area contributed by atoms with Gasteiger partial charge in [0.05, 0.1) is 11.5 Å². The summed E-state index contributed by atoms with van der Waals surface area (Å²) >= 11 is 0. The highest BCUT2D eigenvalue weighted by atomic mass is 32.2. The minimum absolute atomic E-state index is 0.0453. The lowest BCUT2D eigenvalue weighted by molar-refractivity contribution is 0.100. The molecule has 1 unspecified atom stereocenters. The zero-order valence-electron chi connectivity index (χ0n) is 10.3. The average Bonchev–Trinajstić information content (AvgIpc) is 2.28. The van der Waals surface area contributed by atoms with Gasteiger partial charge < -0.3 is 11.5 Å². The van der Waals surface area contributed by atoms with E-state index in [1.807, 2.05) is 0 Å². The number of rotatable bonds is 6. The molecule has 0 spiro atoms. The van der Waals surface area contributed by atoms with Crippen LogP contribution in [0.15, 0.2) is 24.3 Å². The first kappa shape index (κ1) is 14.7. The van der Waals surface area contributed by atoms with E-state index < -0.39 is 15.7 Å². The Morgan fingerprint density at radius 2 is 1.83 bits per heavy atom. The first-order chi connectivity index (χ1) is 8.34. The molecular formula is C12H18N2O3S. The van der Waals surface area contributed by atoms with Crippen molar-refractivity contribution in [3.05, 3.63) is 35.4 Å². The molecule has 1 atom stereocenters. The van der Waals surface area contributed by atoms with Gasteiger partial charge in [-0.25, -0.2) is 8.42 Å². The Labute approximate surface area is 107 Å². The van der Waals surface area contributed by atoms with Crippen LogP contribution in [0.3, 0.4) is 0 Å². The summed E-state index contributed by atoms with van der Waals surface area (Å²) in [7, 11) is -3.18. The van der Waals surface area contributed by atoms with Gasteiger partial charge >= 0.3 is 0 Å². The molecule has 6 heteroatoms. The first-order valence-corrected chi connectivity index (χ1v) is 7.45. The largest absolute Gasteiger partial charge is 0.366 e. The van der Waals surface area contributed by atoms with E-state index in [0.717, 1.165) is 0 Å². The fraction of sp³-hybridized carbons (Fsp3) is 0.417. The molecule has 0 saturated carbocycles. The molecule has 1 aromatic rings.